The lowest BCUT2D eigenvalue weighted by Crippen LogP contribution is -2.30. The predicted octanol–water partition coefficient (Wildman–Crippen LogP) is 4.09. The quantitative estimate of drug-likeness (QED) is 0.760. The van der Waals surface area contributed by atoms with Crippen LogP contribution in [0.4, 0.5) is 13.2 Å². The van der Waals surface area contributed by atoms with Gasteiger partial charge in [0.1, 0.15) is 6.61 Å². The summed E-state index contributed by atoms with van der Waals surface area (Å²) in [6, 6.07) is 5.12. The van der Waals surface area contributed by atoms with Crippen LogP contribution in [0.15, 0.2) is 18.2 Å². The van der Waals surface area contributed by atoms with E-state index < -0.39 is 12.8 Å². The Labute approximate surface area is 126 Å². The van der Waals surface area contributed by atoms with Gasteiger partial charge in [-0.15, -0.1) is 0 Å². The number of hydrogen-bond donors (Lipinski definition) is 1. The highest BCUT2D eigenvalue weighted by atomic mass is 35.5. The second-order valence-corrected chi connectivity index (χ2v) is 5.23. The molecule has 20 heavy (non-hydrogen) atoms. The van der Waals surface area contributed by atoms with E-state index in [0.717, 1.165) is 5.56 Å². The third-order valence-electron chi connectivity index (χ3n) is 2.76. The van der Waals surface area contributed by atoms with Crippen LogP contribution in [0.1, 0.15) is 12.0 Å². The molecule has 0 bridgehead atoms. The molecule has 0 aliphatic carbocycles. The molecule has 0 fully saturated rings. The molecule has 0 radical (unpaired) electrons. The standard InChI is InChI=1S/C13H16Cl2F3NO/c1-19-11(4-5-20-8-13(16,17)18)7-9-6-10(14)2-3-12(9)15/h2-3,6,11,19H,4-5,7-8H2,1H3. The van der Waals surface area contributed by atoms with Gasteiger partial charge in [-0.05, 0) is 43.7 Å². The van der Waals surface area contributed by atoms with Gasteiger partial charge in [-0.1, -0.05) is 23.2 Å². The number of alkyl halides is 3. The summed E-state index contributed by atoms with van der Waals surface area (Å²) < 4.78 is 40.4. The average Bonchev–Trinajstić information content (AvgIpc) is 2.36. The molecule has 1 N–H and O–H groups in total. The van der Waals surface area contributed by atoms with E-state index in [4.69, 9.17) is 23.2 Å². The molecule has 114 valence electrons. The smallest absolute Gasteiger partial charge is 0.372 e. The summed E-state index contributed by atoms with van der Waals surface area (Å²) in [5.74, 6) is 0. The fourth-order valence-corrected chi connectivity index (χ4v) is 2.12. The van der Waals surface area contributed by atoms with E-state index in [1.807, 2.05) is 0 Å². The van der Waals surface area contributed by atoms with Gasteiger partial charge < -0.3 is 10.1 Å². The first-order valence-electron chi connectivity index (χ1n) is 6.07. The van der Waals surface area contributed by atoms with E-state index in [1.165, 1.54) is 0 Å². The summed E-state index contributed by atoms with van der Waals surface area (Å²) in [6.45, 7) is -1.19. The van der Waals surface area contributed by atoms with Gasteiger partial charge in [0.25, 0.3) is 0 Å². The van der Waals surface area contributed by atoms with E-state index >= 15 is 0 Å². The Morgan fingerprint density at radius 2 is 2.00 bits per heavy atom. The van der Waals surface area contributed by atoms with Crippen molar-refractivity contribution in [2.75, 3.05) is 20.3 Å². The van der Waals surface area contributed by atoms with Gasteiger partial charge in [-0.25, -0.2) is 0 Å². The molecule has 0 aliphatic heterocycles. The highest BCUT2D eigenvalue weighted by Crippen LogP contribution is 2.22. The summed E-state index contributed by atoms with van der Waals surface area (Å²) in [7, 11) is 1.74. The van der Waals surface area contributed by atoms with Gasteiger partial charge in [0.2, 0.25) is 0 Å². The van der Waals surface area contributed by atoms with E-state index in [1.54, 1.807) is 25.2 Å². The molecule has 1 unspecified atom stereocenters. The van der Waals surface area contributed by atoms with Crippen LogP contribution >= 0.6 is 23.2 Å². The summed E-state index contributed by atoms with van der Waals surface area (Å²) in [6.07, 6.45) is -3.26. The summed E-state index contributed by atoms with van der Waals surface area (Å²) in [5, 5.41) is 4.20. The van der Waals surface area contributed by atoms with Crippen LogP contribution in [-0.2, 0) is 11.2 Å². The Kier molecular flexibility index (Phi) is 7.09. The fraction of sp³-hybridized carbons (Fsp3) is 0.538. The number of likely N-dealkylation sites (N-methyl/N-ethyl adjacent to an activating group) is 1. The van der Waals surface area contributed by atoms with Crippen molar-refractivity contribution in [2.45, 2.75) is 25.1 Å². The second-order valence-electron chi connectivity index (χ2n) is 4.38. The molecule has 0 aliphatic rings. The lowest BCUT2D eigenvalue weighted by molar-refractivity contribution is -0.174. The number of benzene rings is 1. The Hall–Kier alpha value is -0.490. The maximum atomic E-state index is 11.9. The van der Waals surface area contributed by atoms with Crippen molar-refractivity contribution in [3.63, 3.8) is 0 Å². The minimum Gasteiger partial charge on any atom is -0.372 e. The highest BCUT2D eigenvalue weighted by Gasteiger charge is 2.27. The van der Waals surface area contributed by atoms with E-state index in [2.05, 4.69) is 10.1 Å². The molecule has 0 heterocycles. The molecule has 1 aromatic carbocycles. The van der Waals surface area contributed by atoms with Gasteiger partial charge in [-0.2, -0.15) is 13.2 Å². The number of rotatable bonds is 7. The summed E-state index contributed by atoms with van der Waals surface area (Å²) >= 11 is 11.9. The largest absolute Gasteiger partial charge is 0.411 e. The normalized spacial score (nSPS) is 13.5. The topological polar surface area (TPSA) is 21.3 Å². The van der Waals surface area contributed by atoms with Crippen LogP contribution in [0.25, 0.3) is 0 Å². The van der Waals surface area contributed by atoms with Crippen LogP contribution in [0.3, 0.4) is 0 Å². The minimum absolute atomic E-state index is 0.0285. The first kappa shape index (κ1) is 17.6. The van der Waals surface area contributed by atoms with E-state index in [-0.39, 0.29) is 12.6 Å². The molecule has 1 rings (SSSR count). The van der Waals surface area contributed by atoms with Gasteiger partial charge in [-0.3, -0.25) is 0 Å². The van der Waals surface area contributed by atoms with Crippen molar-refractivity contribution in [1.29, 1.82) is 0 Å². The van der Waals surface area contributed by atoms with Crippen molar-refractivity contribution in [2.24, 2.45) is 0 Å². The zero-order valence-corrected chi connectivity index (χ0v) is 12.4. The van der Waals surface area contributed by atoms with Crippen LogP contribution in [-0.4, -0.2) is 32.5 Å². The minimum atomic E-state index is -4.29. The number of nitrogens with one attached hydrogen (secondary N) is 1. The molecule has 0 spiro atoms. The summed E-state index contributed by atoms with van der Waals surface area (Å²) in [4.78, 5) is 0. The average molecular weight is 330 g/mol. The van der Waals surface area contributed by atoms with Crippen molar-refractivity contribution in [3.8, 4) is 0 Å². The zero-order chi connectivity index (χ0) is 15.2. The lowest BCUT2D eigenvalue weighted by atomic mass is 10.0. The van der Waals surface area contributed by atoms with Crippen molar-refractivity contribution in [3.05, 3.63) is 33.8 Å². The molecule has 2 nitrogen and oxygen atoms in total. The van der Waals surface area contributed by atoms with Crippen LogP contribution < -0.4 is 5.32 Å². The fourth-order valence-electron chi connectivity index (χ4n) is 1.73. The van der Waals surface area contributed by atoms with E-state index in [9.17, 15) is 13.2 Å². The molecule has 7 heteroatoms. The van der Waals surface area contributed by atoms with Gasteiger partial charge in [0.05, 0.1) is 0 Å². The van der Waals surface area contributed by atoms with Gasteiger partial charge in [0.15, 0.2) is 0 Å². The monoisotopic (exact) mass is 329 g/mol. The molecule has 1 aromatic rings. The van der Waals surface area contributed by atoms with Crippen LogP contribution in [0, 0.1) is 0 Å². The molecule has 0 amide bonds. The predicted molar refractivity (Wildman–Crippen MR) is 74.5 cm³/mol. The molecule has 0 aromatic heterocycles. The first-order chi connectivity index (χ1) is 9.31. The van der Waals surface area contributed by atoms with Crippen molar-refractivity contribution >= 4 is 23.2 Å². The van der Waals surface area contributed by atoms with Crippen molar-refractivity contribution < 1.29 is 17.9 Å². The molecule has 0 saturated heterocycles. The number of ether oxygens (including phenoxy) is 1. The third-order valence-corrected chi connectivity index (χ3v) is 3.36. The zero-order valence-electron chi connectivity index (χ0n) is 10.9. The van der Waals surface area contributed by atoms with Gasteiger partial charge >= 0.3 is 6.18 Å². The van der Waals surface area contributed by atoms with Crippen LogP contribution in [0.5, 0.6) is 0 Å². The summed E-state index contributed by atoms with van der Waals surface area (Å²) in [5.41, 5.74) is 0.856. The maximum Gasteiger partial charge on any atom is 0.411 e. The lowest BCUT2D eigenvalue weighted by Gasteiger charge is -2.17. The van der Waals surface area contributed by atoms with E-state index in [0.29, 0.717) is 22.9 Å². The molecular weight excluding hydrogens is 314 g/mol. The molecular formula is C13H16Cl2F3NO. The van der Waals surface area contributed by atoms with Gasteiger partial charge in [0, 0.05) is 22.7 Å². The molecule has 0 saturated carbocycles. The molecule has 1 atom stereocenters. The Morgan fingerprint density at radius 1 is 1.30 bits per heavy atom. The maximum absolute atomic E-state index is 11.9. The Morgan fingerprint density at radius 3 is 2.60 bits per heavy atom. The Balaban J connectivity index is 2.45. The van der Waals surface area contributed by atoms with Crippen LogP contribution in [0.2, 0.25) is 10.0 Å². The SMILES string of the molecule is CNC(CCOCC(F)(F)F)Cc1cc(Cl)ccc1Cl. The Bertz CT molecular complexity index is 427. The number of hydrogen-bond acceptors (Lipinski definition) is 2. The number of halogens is 5. The third kappa shape index (κ3) is 6.79. The highest BCUT2D eigenvalue weighted by molar-refractivity contribution is 6.33. The second kappa shape index (κ2) is 8.08. The van der Waals surface area contributed by atoms with Crippen molar-refractivity contribution in [1.82, 2.24) is 5.32 Å². The first-order valence-corrected chi connectivity index (χ1v) is 6.83.